The molecule has 1 fully saturated rings. The molecule has 1 heterocycles. The molecule has 0 radical (unpaired) electrons. The first-order chi connectivity index (χ1) is 8.07. The van der Waals surface area contributed by atoms with Crippen LogP contribution in [0.3, 0.4) is 0 Å². The molecule has 5 heteroatoms. The van der Waals surface area contributed by atoms with E-state index < -0.39 is 5.41 Å². The number of hydrogen-bond acceptors (Lipinski definition) is 3. The Kier molecular flexibility index (Phi) is 2.88. The second-order valence-electron chi connectivity index (χ2n) is 4.65. The summed E-state index contributed by atoms with van der Waals surface area (Å²) in [7, 11) is 1.82. The van der Waals surface area contributed by atoms with E-state index in [9.17, 15) is 10.1 Å². The van der Waals surface area contributed by atoms with Crippen molar-refractivity contribution in [3.8, 4) is 6.07 Å². The average molecular weight is 232 g/mol. The summed E-state index contributed by atoms with van der Waals surface area (Å²) < 4.78 is 1.70. The van der Waals surface area contributed by atoms with E-state index in [2.05, 4.69) is 16.5 Å². The van der Waals surface area contributed by atoms with Crippen molar-refractivity contribution in [1.82, 2.24) is 9.78 Å². The van der Waals surface area contributed by atoms with Crippen molar-refractivity contribution in [2.75, 3.05) is 5.32 Å². The van der Waals surface area contributed by atoms with E-state index in [-0.39, 0.29) is 5.91 Å². The van der Waals surface area contributed by atoms with Crippen LogP contribution in [-0.2, 0) is 11.8 Å². The van der Waals surface area contributed by atoms with Gasteiger partial charge in [-0.3, -0.25) is 9.48 Å². The minimum absolute atomic E-state index is 0.212. The van der Waals surface area contributed by atoms with Gasteiger partial charge < -0.3 is 5.32 Å². The van der Waals surface area contributed by atoms with Gasteiger partial charge in [-0.1, -0.05) is 12.8 Å². The van der Waals surface area contributed by atoms with Gasteiger partial charge in [-0.05, 0) is 19.8 Å². The lowest BCUT2D eigenvalue weighted by molar-refractivity contribution is -0.122. The number of carbonyl (C=O) groups excluding carboxylic acids is 1. The summed E-state index contributed by atoms with van der Waals surface area (Å²) >= 11 is 0. The largest absolute Gasteiger partial charge is 0.308 e. The van der Waals surface area contributed by atoms with Gasteiger partial charge in [0.2, 0.25) is 5.91 Å². The number of anilines is 1. The van der Waals surface area contributed by atoms with E-state index in [1.165, 1.54) is 0 Å². The maximum atomic E-state index is 12.1. The van der Waals surface area contributed by atoms with Crippen molar-refractivity contribution in [3.63, 3.8) is 0 Å². The monoisotopic (exact) mass is 232 g/mol. The van der Waals surface area contributed by atoms with E-state index in [1.54, 1.807) is 10.7 Å². The fraction of sp³-hybridized carbons (Fsp3) is 0.583. The fourth-order valence-electron chi connectivity index (χ4n) is 2.23. The van der Waals surface area contributed by atoms with Gasteiger partial charge in [-0.25, -0.2) is 0 Å². The van der Waals surface area contributed by atoms with Crippen LogP contribution >= 0.6 is 0 Å². The number of nitrogens with one attached hydrogen (secondary N) is 1. The quantitative estimate of drug-likeness (QED) is 0.844. The van der Waals surface area contributed by atoms with Crippen LogP contribution in [0.15, 0.2) is 6.07 Å². The zero-order valence-corrected chi connectivity index (χ0v) is 10.2. The van der Waals surface area contributed by atoms with E-state index in [1.807, 2.05) is 14.0 Å². The molecule has 90 valence electrons. The molecule has 5 nitrogen and oxygen atoms in total. The van der Waals surface area contributed by atoms with Gasteiger partial charge in [0.1, 0.15) is 5.41 Å². The summed E-state index contributed by atoms with van der Waals surface area (Å²) in [6.45, 7) is 1.91. The predicted molar refractivity (Wildman–Crippen MR) is 63.1 cm³/mol. The maximum absolute atomic E-state index is 12.1. The Labute approximate surface area is 100 Å². The van der Waals surface area contributed by atoms with Gasteiger partial charge in [0.25, 0.3) is 0 Å². The average Bonchev–Trinajstić information content (AvgIpc) is 2.88. The van der Waals surface area contributed by atoms with Crippen molar-refractivity contribution >= 4 is 11.7 Å². The molecular weight excluding hydrogens is 216 g/mol. The van der Waals surface area contributed by atoms with E-state index in [0.717, 1.165) is 18.5 Å². The van der Waals surface area contributed by atoms with Gasteiger partial charge in [0.15, 0.2) is 5.82 Å². The highest BCUT2D eigenvalue weighted by Crippen LogP contribution is 2.38. The molecule has 1 amide bonds. The molecule has 0 saturated heterocycles. The molecule has 0 bridgehead atoms. The molecule has 1 aliphatic rings. The van der Waals surface area contributed by atoms with Crippen molar-refractivity contribution in [2.24, 2.45) is 12.5 Å². The van der Waals surface area contributed by atoms with Gasteiger partial charge in [-0.2, -0.15) is 10.4 Å². The van der Waals surface area contributed by atoms with Crippen LogP contribution in [0.4, 0.5) is 5.82 Å². The Morgan fingerprint density at radius 3 is 2.71 bits per heavy atom. The number of carbonyl (C=O) groups is 1. The van der Waals surface area contributed by atoms with E-state index in [0.29, 0.717) is 18.7 Å². The molecule has 1 N–H and O–H groups in total. The summed E-state index contributed by atoms with van der Waals surface area (Å²) in [6, 6.07) is 3.98. The van der Waals surface area contributed by atoms with Crippen LogP contribution in [0, 0.1) is 23.7 Å². The zero-order chi connectivity index (χ0) is 12.5. The van der Waals surface area contributed by atoms with Crippen molar-refractivity contribution in [3.05, 3.63) is 11.8 Å². The van der Waals surface area contributed by atoms with Crippen LogP contribution < -0.4 is 5.32 Å². The summed E-state index contributed by atoms with van der Waals surface area (Å²) in [5.74, 6) is 0.312. The number of rotatable bonds is 2. The summed E-state index contributed by atoms with van der Waals surface area (Å²) in [6.07, 6.45) is 3.20. The minimum atomic E-state index is -0.842. The SMILES string of the molecule is Cc1cc(NC(=O)C2(C#N)CCCC2)nn1C. The molecule has 0 aromatic carbocycles. The third-order valence-corrected chi connectivity index (χ3v) is 3.46. The summed E-state index contributed by atoms with van der Waals surface area (Å²) in [4.78, 5) is 12.1. The number of amides is 1. The molecular formula is C12H16N4O. The Morgan fingerprint density at radius 2 is 2.24 bits per heavy atom. The second kappa shape index (κ2) is 4.21. The molecule has 0 spiro atoms. The highest BCUT2D eigenvalue weighted by atomic mass is 16.2. The number of aromatic nitrogens is 2. The third-order valence-electron chi connectivity index (χ3n) is 3.46. The summed E-state index contributed by atoms with van der Waals surface area (Å²) in [5, 5.41) is 16.1. The molecule has 17 heavy (non-hydrogen) atoms. The molecule has 0 unspecified atom stereocenters. The number of hydrogen-bond donors (Lipinski definition) is 1. The molecule has 1 saturated carbocycles. The first-order valence-corrected chi connectivity index (χ1v) is 5.81. The first kappa shape index (κ1) is 11.6. The van der Waals surface area contributed by atoms with Crippen molar-refractivity contribution in [2.45, 2.75) is 32.6 Å². The Hall–Kier alpha value is -1.83. The predicted octanol–water partition coefficient (Wildman–Crippen LogP) is 1.75. The van der Waals surface area contributed by atoms with E-state index in [4.69, 9.17) is 0 Å². The molecule has 0 aliphatic heterocycles. The maximum Gasteiger partial charge on any atom is 0.246 e. The number of nitrogens with zero attached hydrogens (tertiary/aromatic N) is 3. The third kappa shape index (κ3) is 2.03. The second-order valence-corrected chi connectivity index (χ2v) is 4.65. The lowest BCUT2D eigenvalue weighted by atomic mass is 9.87. The lowest BCUT2D eigenvalue weighted by Crippen LogP contribution is -2.32. The minimum Gasteiger partial charge on any atom is -0.308 e. The Balaban J connectivity index is 2.14. The molecule has 0 atom stereocenters. The highest BCUT2D eigenvalue weighted by molar-refractivity contribution is 5.96. The Bertz CT molecular complexity index is 458. The normalized spacial score (nSPS) is 17.7. The van der Waals surface area contributed by atoms with Gasteiger partial charge in [-0.15, -0.1) is 0 Å². The smallest absolute Gasteiger partial charge is 0.246 e. The fourth-order valence-corrected chi connectivity index (χ4v) is 2.23. The molecule has 1 aliphatic carbocycles. The zero-order valence-electron chi connectivity index (χ0n) is 10.2. The van der Waals surface area contributed by atoms with Crippen LogP contribution in [0.5, 0.6) is 0 Å². The van der Waals surface area contributed by atoms with Crippen molar-refractivity contribution < 1.29 is 4.79 Å². The molecule has 1 aromatic heterocycles. The number of aryl methyl sites for hydroxylation is 2. The van der Waals surface area contributed by atoms with Crippen LogP contribution in [0.2, 0.25) is 0 Å². The molecule has 1 aromatic rings. The van der Waals surface area contributed by atoms with Crippen LogP contribution in [0.25, 0.3) is 0 Å². The van der Waals surface area contributed by atoms with E-state index >= 15 is 0 Å². The topological polar surface area (TPSA) is 70.7 Å². The van der Waals surface area contributed by atoms with Gasteiger partial charge >= 0.3 is 0 Å². The van der Waals surface area contributed by atoms with Crippen molar-refractivity contribution in [1.29, 1.82) is 5.26 Å². The summed E-state index contributed by atoms with van der Waals surface area (Å²) in [5.41, 5.74) is 0.128. The Morgan fingerprint density at radius 1 is 1.59 bits per heavy atom. The highest BCUT2D eigenvalue weighted by Gasteiger charge is 2.41. The van der Waals surface area contributed by atoms with Gasteiger partial charge in [0, 0.05) is 18.8 Å². The van der Waals surface area contributed by atoms with Crippen LogP contribution in [0.1, 0.15) is 31.4 Å². The van der Waals surface area contributed by atoms with Crippen LogP contribution in [-0.4, -0.2) is 15.7 Å². The first-order valence-electron chi connectivity index (χ1n) is 5.81. The number of nitriles is 1. The molecule has 2 rings (SSSR count). The van der Waals surface area contributed by atoms with Gasteiger partial charge in [0.05, 0.1) is 6.07 Å². The lowest BCUT2D eigenvalue weighted by Gasteiger charge is -2.17. The standard InChI is InChI=1S/C12H16N4O/c1-9-7-10(15-16(9)2)14-11(17)12(8-13)5-3-4-6-12/h7H,3-6H2,1-2H3,(H,14,15,17).